The highest BCUT2D eigenvalue weighted by Crippen LogP contribution is 2.35. The number of piperazine rings is 1. The maximum absolute atomic E-state index is 14.4. The van der Waals surface area contributed by atoms with Crippen molar-refractivity contribution in [3.63, 3.8) is 0 Å². The highest BCUT2D eigenvalue weighted by molar-refractivity contribution is 6.08. The summed E-state index contributed by atoms with van der Waals surface area (Å²) in [6.45, 7) is 6.56. The van der Waals surface area contributed by atoms with Gasteiger partial charge in [-0.25, -0.2) is 9.97 Å². The number of rotatable bonds is 7. The second-order valence-corrected chi connectivity index (χ2v) is 11.5. The Morgan fingerprint density at radius 1 is 1.09 bits per heavy atom. The van der Waals surface area contributed by atoms with Gasteiger partial charge in [0, 0.05) is 54.8 Å². The zero-order chi connectivity index (χ0) is 29.5. The van der Waals surface area contributed by atoms with Gasteiger partial charge in [0.05, 0.1) is 49.4 Å². The Kier molecular flexibility index (Phi) is 7.24. The first kappa shape index (κ1) is 27.4. The van der Waals surface area contributed by atoms with E-state index >= 15 is 0 Å². The molecule has 10 heteroatoms. The second kappa shape index (κ2) is 11.3. The monoisotopic (exact) mass is 580 g/mol. The molecule has 0 spiro atoms. The average Bonchev–Trinajstić information content (AvgIpc) is 3.80. The van der Waals surface area contributed by atoms with E-state index in [1.54, 1.807) is 14.2 Å². The van der Waals surface area contributed by atoms with Crippen LogP contribution < -0.4 is 9.47 Å². The van der Waals surface area contributed by atoms with Gasteiger partial charge in [0.25, 0.3) is 5.91 Å². The lowest BCUT2D eigenvalue weighted by molar-refractivity contribution is 0.0394. The van der Waals surface area contributed by atoms with Crippen molar-refractivity contribution in [3.8, 4) is 22.9 Å². The Labute approximate surface area is 250 Å². The van der Waals surface area contributed by atoms with Crippen molar-refractivity contribution in [1.29, 1.82) is 0 Å². The first-order valence-electron chi connectivity index (χ1n) is 14.8. The third kappa shape index (κ3) is 5.10. The molecule has 2 atom stereocenters. The molecular formula is C33H36N6O4. The molecule has 2 aliphatic rings. The van der Waals surface area contributed by atoms with E-state index in [9.17, 15) is 4.79 Å². The van der Waals surface area contributed by atoms with Crippen LogP contribution in [-0.4, -0.2) is 89.3 Å². The molecule has 2 fully saturated rings. The van der Waals surface area contributed by atoms with E-state index in [0.717, 1.165) is 77.3 Å². The van der Waals surface area contributed by atoms with Crippen molar-refractivity contribution < 1.29 is 19.0 Å². The Bertz CT molecular complexity index is 1790. The number of hydrogen-bond acceptors (Lipinski definition) is 7. The lowest BCUT2D eigenvalue weighted by Gasteiger charge is -2.41. The minimum absolute atomic E-state index is 0.0197. The largest absolute Gasteiger partial charge is 0.497 e. The third-order valence-corrected chi connectivity index (χ3v) is 8.76. The molecule has 2 N–H and O–H groups in total. The first-order valence-corrected chi connectivity index (χ1v) is 14.8. The summed E-state index contributed by atoms with van der Waals surface area (Å²) in [6.07, 6.45) is 2.89. The normalized spacial score (nSPS) is 19.4. The molecule has 10 nitrogen and oxygen atoms in total. The summed E-state index contributed by atoms with van der Waals surface area (Å²) in [7, 11) is 3.27. The third-order valence-electron chi connectivity index (χ3n) is 8.76. The molecule has 0 bridgehead atoms. The number of carbonyl (C=O) groups is 1. The zero-order valence-corrected chi connectivity index (χ0v) is 24.7. The van der Waals surface area contributed by atoms with Crippen molar-refractivity contribution in [2.75, 3.05) is 53.6 Å². The van der Waals surface area contributed by atoms with Gasteiger partial charge in [-0.1, -0.05) is 18.2 Å². The number of aromatic nitrogens is 4. The van der Waals surface area contributed by atoms with Crippen LogP contribution in [0.3, 0.4) is 0 Å². The fourth-order valence-electron chi connectivity index (χ4n) is 6.52. The van der Waals surface area contributed by atoms with Crippen LogP contribution in [0, 0.1) is 12.8 Å². The van der Waals surface area contributed by atoms with Crippen LogP contribution in [0.15, 0.2) is 54.7 Å². The fraction of sp³-hybridized carbons (Fsp3) is 0.364. The van der Waals surface area contributed by atoms with Crippen molar-refractivity contribution in [2.45, 2.75) is 19.4 Å². The molecule has 43 heavy (non-hydrogen) atoms. The van der Waals surface area contributed by atoms with Crippen LogP contribution in [0.2, 0.25) is 0 Å². The number of H-pyrrole nitrogens is 2. The molecule has 2 aliphatic heterocycles. The van der Waals surface area contributed by atoms with Gasteiger partial charge in [-0.3, -0.25) is 9.69 Å². The van der Waals surface area contributed by atoms with Crippen LogP contribution >= 0.6 is 0 Å². The molecule has 1 amide bonds. The zero-order valence-electron chi connectivity index (χ0n) is 24.7. The van der Waals surface area contributed by atoms with Gasteiger partial charge in [-0.15, -0.1) is 0 Å². The fourth-order valence-corrected chi connectivity index (χ4v) is 6.52. The Morgan fingerprint density at radius 3 is 2.79 bits per heavy atom. The molecule has 0 aliphatic carbocycles. The number of hydrogen-bond donors (Lipinski definition) is 2. The maximum atomic E-state index is 14.4. The van der Waals surface area contributed by atoms with Gasteiger partial charge < -0.3 is 29.1 Å². The predicted octanol–water partition coefficient (Wildman–Crippen LogP) is 4.97. The van der Waals surface area contributed by atoms with Gasteiger partial charge in [-0.2, -0.15) is 0 Å². The Hall–Kier alpha value is -4.41. The summed E-state index contributed by atoms with van der Waals surface area (Å²) in [4.78, 5) is 35.3. The lowest BCUT2D eigenvalue weighted by atomic mass is 10.0. The van der Waals surface area contributed by atoms with E-state index in [4.69, 9.17) is 24.2 Å². The number of nitrogens with zero attached hydrogens (tertiary/aromatic N) is 4. The molecule has 222 valence electrons. The van der Waals surface area contributed by atoms with Crippen LogP contribution in [0.5, 0.6) is 11.6 Å². The van der Waals surface area contributed by atoms with E-state index in [-0.39, 0.29) is 11.9 Å². The molecule has 0 saturated carbocycles. The molecule has 1 unspecified atom stereocenters. The van der Waals surface area contributed by atoms with Crippen molar-refractivity contribution >= 4 is 27.7 Å². The van der Waals surface area contributed by atoms with Crippen molar-refractivity contribution in [3.05, 3.63) is 71.8 Å². The molecule has 7 rings (SSSR count). The molecule has 2 aromatic carbocycles. The highest BCUT2D eigenvalue weighted by atomic mass is 16.5. The highest BCUT2D eigenvalue weighted by Gasteiger charge is 2.36. The topological polar surface area (TPSA) is 109 Å². The van der Waals surface area contributed by atoms with Gasteiger partial charge in [-0.05, 0) is 49.6 Å². The number of imidazole rings is 1. The summed E-state index contributed by atoms with van der Waals surface area (Å²) in [5, 5.41) is 1.87. The molecule has 5 aromatic rings. The Morgan fingerprint density at radius 2 is 1.98 bits per heavy atom. The standard InChI is InChI=1S/C33H36N6O4/c1-20-30(24-15-23(41-2)8-9-27(24)35-20)33(40)39-12-11-38(17-21-10-13-43-19-21)18-29(39)31-34-16-28(36-31)25-14-22-6-4-5-7-26(22)37-32(25)42-3/h4-9,14-16,21,29,35H,10-13,17-19H2,1-3H3,(H,34,36)/t21?,29-/m0/s1. The van der Waals surface area contributed by atoms with Gasteiger partial charge in [0.1, 0.15) is 17.6 Å². The SMILES string of the molecule is COc1ccc2[nH]c(C)c(C(=O)N3CCN(CC4CCOC4)C[C@H]3c3ncc(-c4cc5ccccc5nc4OC)[nH]3)c2c1. The van der Waals surface area contributed by atoms with Gasteiger partial charge >= 0.3 is 0 Å². The van der Waals surface area contributed by atoms with Crippen LogP contribution in [-0.2, 0) is 4.74 Å². The van der Waals surface area contributed by atoms with E-state index in [2.05, 4.69) is 20.9 Å². The predicted molar refractivity (Wildman–Crippen MR) is 165 cm³/mol. The lowest BCUT2D eigenvalue weighted by Crippen LogP contribution is -2.52. The van der Waals surface area contributed by atoms with E-state index in [1.807, 2.05) is 60.5 Å². The van der Waals surface area contributed by atoms with Gasteiger partial charge in [0.15, 0.2) is 0 Å². The molecular weight excluding hydrogens is 544 g/mol. The smallest absolute Gasteiger partial charge is 0.257 e. The summed E-state index contributed by atoms with van der Waals surface area (Å²) in [5.74, 6) is 2.46. The van der Waals surface area contributed by atoms with Crippen LogP contribution in [0.25, 0.3) is 33.1 Å². The van der Waals surface area contributed by atoms with Crippen LogP contribution in [0.1, 0.15) is 34.3 Å². The molecule has 3 aromatic heterocycles. The second-order valence-electron chi connectivity index (χ2n) is 11.5. The number of fused-ring (bicyclic) bond motifs is 2. The number of nitrogens with one attached hydrogen (secondary N) is 2. The number of aromatic amines is 2. The summed E-state index contributed by atoms with van der Waals surface area (Å²) in [6, 6.07) is 15.6. The number of benzene rings is 2. The number of amides is 1. The quantitative estimate of drug-likeness (QED) is 0.280. The summed E-state index contributed by atoms with van der Waals surface area (Å²) in [5.41, 5.74) is 4.91. The summed E-state index contributed by atoms with van der Waals surface area (Å²) < 4.78 is 16.8. The molecule has 0 radical (unpaired) electrons. The first-order chi connectivity index (χ1) is 21.0. The minimum Gasteiger partial charge on any atom is -0.497 e. The number of para-hydroxylation sites is 1. The maximum Gasteiger partial charge on any atom is 0.257 e. The molecule has 2 saturated heterocycles. The van der Waals surface area contributed by atoms with Crippen LogP contribution in [0.4, 0.5) is 0 Å². The van der Waals surface area contributed by atoms with E-state index in [1.165, 1.54) is 0 Å². The Balaban J connectivity index is 1.26. The van der Waals surface area contributed by atoms with Gasteiger partial charge in [0.2, 0.25) is 5.88 Å². The van der Waals surface area contributed by atoms with Crippen molar-refractivity contribution in [1.82, 2.24) is 29.7 Å². The van der Waals surface area contributed by atoms with E-state index in [0.29, 0.717) is 36.2 Å². The van der Waals surface area contributed by atoms with Crippen molar-refractivity contribution in [2.24, 2.45) is 5.92 Å². The number of aryl methyl sites for hydroxylation is 1. The summed E-state index contributed by atoms with van der Waals surface area (Å²) >= 11 is 0. The average molecular weight is 581 g/mol. The minimum atomic E-state index is -0.272. The molecule has 5 heterocycles. The number of ether oxygens (including phenoxy) is 3. The van der Waals surface area contributed by atoms with E-state index < -0.39 is 0 Å². The number of carbonyl (C=O) groups excluding carboxylic acids is 1. The number of pyridine rings is 1. The number of methoxy groups -OCH3 is 2.